The van der Waals surface area contributed by atoms with Crippen LogP contribution in [0, 0.1) is 0 Å². The standard InChI is InChI=1S/C21H26O4/c1-3-23-18-14-8-9-15-19(18)25-20(21(22)24-4-2)16-10-13-17-11-6-5-7-12-17/h5-9,11-12,14-15,20H,3-4,10,13,16H2,1-2H3. The van der Waals surface area contributed by atoms with Crippen LogP contribution in [-0.2, 0) is 16.0 Å². The van der Waals surface area contributed by atoms with Gasteiger partial charge in [0.2, 0.25) is 0 Å². The van der Waals surface area contributed by atoms with Gasteiger partial charge in [0.1, 0.15) is 0 Å². The van der Waals surface area contributed by atoms with Crippen LogP contribution >= 0.6 is 0 Å². The highest BCUT2D eigenvalue weighted by Crippen LogP contribution is 2.28. The Kier molecular flexibility index (Phi) is 7.83. The third-order valence-corrected chi connectivity index (χ3v) is 3.74. The van der Waals surface area contributed by atoms with Gasteiger partial charge in [0.15, 0.2) is 17.6 Å². The zero-order valence-electron chi connectivity index (χ0n) is 14.9. The van der Waals surface area contributed by atoms with E-state index >= 15 is 0 Å². The molecule has 0 aliphatic heterocycles. The van der Waals surface area contributed by atoms with Gasteiger partial charge >= 0.3 is 5.97 Å². The van der Waals surface area contributed by atoms with Crippen LogP contribution in [0.15, 0.2) is 54.6 Å². The van der Waals surface area contributed by atoms with Crippen LogP contribution in [0.5, 0.6) is 11.5 Å². The Morgan fingerprint density at radius 3 is 2.28 bits per heavy atom. The average Bonchev–Trinajstić information content (AvgIpc) is 2.63. The highest BCUT2D eigenvalue weighted by atomic mass is 16.6. The number of carbonyl (C=O) groups excluding carboxylic acids is 1. The van der Waals surface area contributed by atoms with Crippen LogP contribution in [0.4, 0.5) is 0 Å². The lowest BCUT2D eigenvalue weighted by Gasteiger charge is -2.19. The number of ether oxygens (including phenoxy) is 3. The van der Waals surface area contributed by atoms with Gasteiger partial charge in [-0.15, -0.1) is 0 Å². The van der Waals surface area contributed by atoms with Crippen molar-refractivity contribution in [2.24, 2.45) is 0 Å². The summed E-state index contributed by atoms with van der Waals surface area (Å²) in [4.78, 5) is 12.3. The first-order valence-electron chi connectivity index (χ1n) is 8.83. The zero-order chi connectivity index (χ0) is 17.9. The van der Waals surface area contributed by atoms with E-state index in [0.717, 1.165) is 12.8 Å². The second-order valence-electron chi connectivity index (χ2n) is 5.62. The molecule has 0 spiro atoms. The fraction of sp³-hybridized carbons (Fsp3) is 0.381. The van der Waals surface area contributed by atoms with Crippen molar-refractivity contribution in [1.82, 2.24) is 0 Å². The SMILES string of the molecule is CCOC(=O)C(CCCc1ccccc1)Oc1ccccc1OCC. The maximum atomic E-state index is 12.3. The molecule has 2 rings (SSSR count). The highest BCUT2D eigenvalue weighted by molar-refractivity contribution is 5.75. The van der Waals surface area contributed by atoms with Gasteiger partial charge in [0, 0.05) is 0 Å². The summed E-state index contributed by atoms with van der Waals surface area (Å²) in [6, 6.07) is 17.6. The van der Waals surface area contributed by atoms with Crippen LogP contribution in [0.2, 0.25) is 0 Å². The highest BCUT2D eigenvalue weighted by Gasteiger charge is 2.23. The summed E-state index contributed by atoms with van der Waals surface area (Å²) in [5, 5.41) is 0. The second kappa shape index (κ2) is 10.4. The molecule has 4 heteroatoms. The summed E-state index contributed by atoms with van der Waals surface area (Å²) >= 11 is 0. The number of rotatable bonds is 10. The molecule has 4 nitrogen and oxygen atoms in total. The number of benzene rings is 2. The molecular formula is C21H26O4. The molecule has 0 aliphatic carbocycles. The molecule has 0 saturated heterocycles. The smallest absolute Gasteiger partial charge is 0.347 e. The quantitative estimate of drug-likeness (QED) is 0.600. The molecule has 0 aliphatic rings. The van der Waals surface area contributed by atoms with Crippen LogP contribution in [0.25, 0.3) is 0 Å². The zero-order valence-corrected chi connectivity index (χ0v) is 14.9. The molecule has 134 valence electrons. The minimum atomic E-state index is -0.634. The fourth-order valence-corrected chi connectivity index (χ4v) is 2.57. The van der Waals surface area contributed by atoms with Crippen molar-refractivity contribution in [1.29, 1.82) is 0 Å². The molecule has 0 aromatic heterocycles. The number of para-hydroxylation sites is 2. The van der Waals surface area contributed by atoms with E-state index in [1.165, 1.54) is 5.56 Å². The summed E-state index contributed by atoms with van der Waals surface area (Å²) in [7, 11) is 0. The van der Waals surface area contributed by atoms with Crippen molar-refractivity contribution in [2.45, 2.75) is 39.2 Å². The van der Waals surface area contributed by atoms with E-state index in [1.54, 1.807) is 6.92 Å². The minimum Gasteiger partial charge on any atom is -0.490 e. The molecule has 0 saturated carbocycles. The minimum absolute atomic E-state index is 0.332. The molecule has 1 unspecified atom stereocenters. The van der Waals surface area contributed by atoms with Crippen molar-refractivity contribution < 1.29 is 19.0 Å². The fourth-order valence-electron chi connectivity index (χ4n) is 2.57. The topological polar surface area (TPSA) is 44.8 Å². The molecule has 0 amide bonds. The Balaban J connectivity index is 2.01. The molecule has 25 heavy (non-hydrogen) atoms. The van der Waals surface area contributed by atoms with Gasteiger partial charge in [0.05, 0.1) is 13.2 Å². The lowest BCUT2D eigenvalue weighted by molar-refractivity contribution is -0.151. The van der Waals surface area contributed by atoms with Crippen molar-refractivity contribution in [2.75, 3.05) is 13.2 Å². The van der Waals surface area contributed by atoms with E-state index < -0.39 is 6.10 Å². The first-order valence-corrected chi connectivity index (χ1v) is 8.83. The molecule has 2 aromatic carbocycles. The van der Waals surface area contributed by atoms with E-state index in [1.807, 2.05) is 49.4 Å². The molecule has 0 radical (unpaired) electrons. The van der Waals surface area contributed by atoms with Gasteiger partial charge < -0.3 is 14.2 Å². The molecule has 0 N–H and O–H groups in total. The van der Waals surface area contributed by atoms with E-state index in [-0.39, 0.29) is 5.97 Å². The van der Waals surface area contributed by atoms with Crippen LogP contribution in [0.3, 0.4) is 0 Å². The Bertz CT molecular complexity index is 639. The van der Waals surface area contributed by atoms with E-state index in [2.05, 4.69) is 12.1 Å². The van der Waals surface area contributed by atoms with Crippen molar-refractivity contribution >= 4 is 5.97 Å². The maximum Gasteiger partial charge on any atom is 0.347 e. The van der Waals surface area contributed by atoms with E-state index in [0.29, 0.717) is 31.1 Å². The number of hydrogen-bond acceptors (Lipinski definition) is 4. The summed E-state index contributed by atoms with van der Waals surface area (Å²) in [5.41, 5.74) is 1.25. The third kappa shape index (κ3) is 6.14. The van der Waals surface area contributed by atoms with Crippen LogP contribution < -0.4 is 9.47 Å². The van der Waals surface area contributed by atoms with E-state index in [4.69, 9.17) is 14.2 Å². The first-order chi connectivity index (χ1) is 12.2. The second-order valence-corrected chi connectivity index (χ2v) is 5.62. The van der Waals surface area contributed by atoms with Gasteiger partial charge in [-0.2, -0.15) is 0 Å². The molecule has 0 bridgehead atoms. The van der Waals surface area contributed by atoms with Gasteiger partial charge in [-0.25, -0.2) is 4.79 Å². The lowest BCUT2D eigenvalue weighted by atomic mass is 10.1. The predicted molar refractivity (Wildman–Crippen MR) is 98.0 cm³/mol. The van der Waals surface area contributed by atoms with Gasteiger partial charge in [-0.3, -0.25) is 0 Å². The van der Waals surface area contributed by atoms with Crippen LogP contribution in [-0.4, -0.2) is 25.3 Å². The maximum absolute atomic E-state index is 12.3. The van der Waals surface area contributed by atoms with Gasteiger partial charge in [-0.1, -0.05) is 42.5 Å². The third-order valence-electron chi connectivity index (χ3n) is 3.74. The van der Waals surface area contributed by atoms with Crippen molar-refractivity contribution in [3.05, 3.63) is 60.2 Å². The number of hydrogen-bond donors (Lipinski definition) is 0. The van der Waals surface area contributed by atoms with Gasteiger partial charge in [0.25, 0.3) is 0 Å². The Morgan fingerprint density at radius 1 is 0.920 bits per heavy atom. The summed E-state index contributed by atoms with van der Waals surface area (Å²) < 4.78 is 16.7. The monoisotopic (exact) mass is 342 g/mol. The lowest BCUT2D eigenvalue weighted by Crippen LogP contribution is -2.29. The molecule has 0 heterocycles. The molecule has 2 aromatic rings. The number of esters is 1. The summed E-state index contributed by atoms with van der Waals surface area (Å²) in [5.74, 6) is 0.881. The Morgan fingerprint density at radius 2 is 1.60 bits per heavy atom. The van der Waals surface area contributed by atoms with Crippen molar-refractivity contribution in [3.63, 3.8) is 0 Å². The Hall–Kier alpha value is -2.49. The Labute approximate surface area is 149 Å². The van der Waals surface area contributed by atoms with Crippen LogP contribution in [0.1, 0.15) is 32.3 Å². The van der Waals surface area contributed by atoms with Gasteiger partial charge in [-0.05, 0) is 50.8 Å². The summed E-state index contributed by atoms with van der Waals surface area (Å²) in [6.07, 6.45) is 1.69. The normalized spacial score (nSPS) is 11.6. The summed E-state index contributed by atoms with van der Waals surface area (Å²) in [6.45, 7) is 4.59. The molecule has 1 atom stereocenters. The first kappa shape index (κ1) is 18.8. The average molecular weight is 342 g/mol. The number of aryl methyl sites for hydroxylation is 1. The number of carbonyl (C=O) groups is 1. The van der Waals surface area contributed by atoms with Crippen molar-refractivity contribution in [3.8, 4) is 11.5 Å². The predicted octanol–water partition coefficient (Wildman–Crippen LogP) is 4.42. The molecule has 0 fully saturated rings. The van der Waals surface area contributed by atoms with E-state index in [9.17, 15) is 4.79 Å². The largest absolute Gasteiger partial charge is 0.490 e. The molecular weight excluding hydrogens is 316 g/mol.